The first-order valence-electron chi connectivity index (χ1n) is 9.19. The molecule has 4 aliphatic rings. The molecule has 4 N–H and O–H groups in total. The molecular formula is C19H30O4. The van der Waals surface area contributed by atoms with Crippen molar-refractivity contribution in [3.63, 3.8) is 0 Å². The molecule has 4 heteroatoms. The minimum absolute atomic E-state index is 0.0403. The summed E-state index contributed by atoms with van der Waals surface area (Å²) in [7, 11) is 0. The van der Waals surface area contributed by atoms with Gasteiger partial charge >= 0.3 is 0 Å². The third-order valence-electron chi connectivity index (χ3n) is 7.98. The van der Waals surface area contributed by atoms with Crippen LogP contribution < -0.4 is 0 Å². The van der Waals surface area contributed by atoms with Gasteiger partial charge in [-0.1, -0.05) is 25.5 Å². The van der Waals surface area contributed by atoms with E-state index in [-0.39, 0.29) is 28.8 Å². The summed E-state index contributed by atoms with van der Waals surface area (Å²) in [5.74, 6) is 0.771. The summed E-state index contributed by atoms with van der Waals surface area (Å²) >= 11 is 0. The molecular weight excluding hydrogens is 292 g/mol. The Labute approximate surface area is 138 Å². The van der Waals surface area contributed by atoms with Crippen LogP contribution in [0.2, 0.25) is 0 Å². The molecule has 9 atom stereocenters. The van der Waals surface area contributed by atoms with Crippen LogP contribution in [0.3, 0.4) is 0 Å². The zero-order valence-corrected chi connectivity index (χ0v) is 14.2. The Bertz CT molecular complexity index is 531. The van der Waals surface area contributed by atoms with E-state index in [1.807, 2.05) is 6.92 Å². The van der Waals surface area contributed by atoms with Gasteiger partial charge in [-0.25, -0.2) is 0 Å². The quantitative estimate of drug-likeness (QED) is 0.511. The minimum Gasteiger partial charge on any atom is -0.393 e. The number of hydrogen-bond acceptors (Lipinski definition) is 4. The molecule has 3 fully saturated rings. The summed E-state index contributed by atoms with van der Waals surface area (Å²) < 4.78 is 0. The van der Waals surface area contributed by atoms with E-state index in [0.29, 0.717) is 18.8 Å². The van der Waals surface area contributed by atoms with Crippen molar-refractivity contribution in [1.82, 2.24) is 0 Å². The summed E-state index contributed by atoms with van der Waals surface area (Å²) in [4.78, 5) is 0. The highest BCUT2D eigenvalue weighted by Gasteiger charge is 2.63. The van der Waals surface area contributed by atoms with Crippen LogP contribution in [0.25, 0.3) is 0 Å². The molecule has 0 saturated heterocycles. The van der Waals surface area contributed by atoms with Gasteiger partial charge in [0.2, 0.25) is 0 Å². The normalized spacial score (nSPS) is 58.9. The molecule has 4 aliphatic carbocycles. The fourth-order valence-corrected chi connectivity index (χ4v) is 6.77. The van der Waals surface area contributed by atoms with Crippen molar-refractivity contribution >= 4 is 0 Å². The Morgan fingerprint density at radius 1 is 1.09 bits per heavy atom. The van der Waals surface area contributed by atoms with Gasteiger partial charge in [0.1, 0.15) is 0 Å². The number of rotatable bonds is 0. The first-order valence-corrected chi connectivity index (χ1v) is 9.19. The van der Waals surface area contributed by atoms with Crippen LogP contribution in [-0.4, -0.2) is 44.8 Å². The molecule has 4 unspecified atom stereocenters. The zero-order chi connectivity index (χ0) is 16.6. The maximum atomic E-state index is 11.0. The van der Waals surface area contributed by atoms with Crippen molar-refractivity contribution in [2.24, 2.45) is 28.6 Å². The molecule has 0 aromatic heterocycles. The molecule has 0 bridgehead atoms. The van der Waals surface area contributed by atoms with E-state index in [2.05, 4.69) is 13.0 Å². The van der Waals surface area contributed by atoms with E-state index in [4.69, 9.17) is 0 Å². The predicted molar refractivity (Wildman–Crippen MR) is 86.5 cm³/mol. The van der Waals surface area contributed by atoms with Crippen molar-refractivity contribution in [2.75, 3.05) is 0 Å². The molecule has 0 aromatic carbocycles. The number of aliphatic hydroxyl groups is 4. The third kappa shape index (κ3) is 2.05. The van der Waals surface area contributed by atoms with Crippen LogP contribution in [0.1, 0.15) is 52.4 Å². The van der Waals surface area contributed by atoms with Gasteiger partial charge in [-0.3, -0.25) is 0 Å². The average Bonchev–Trinajstić information content (AvgIpc) is 2.71. The molecule has 23 heavy (non-hydrogen) atoms. The van der Waals surface area contributed by atoms with Crippen LogP contribution in [-0.2, 0) is 0 Å². The number of allylic oxidation sites excluding steroid dienone is 1. The first kappa shape index (κ1) is 16.1. The number of hydrogen-bond donors (Lipinski definition) is 4. The van der Waals surface area contributed by atoms with Gasteiger partial charge in [-0.15, -0.1) is 0 Å². The minimum atomic E-state index is -0.727. The molecule has 0 radical (unpaired) electrons. The van der Waals surface area contributed by atoms with E-state index in [1.54, 1.807) is 0 Å². The standard InChI is InChI=1S/C19H30O4/c1-18-6-5-11(20)7-10(18)3-4-12-13-8-14(21)17(23)19(13,2)9-15(22)16(12)18/h3,11-17,20-23H,4-9H2,1-2H3/t11?,12-,13-,14?,15?,16-,17?,18-,19-/m0/s1. The van der Waals surface area contributed by atoms with Gasteiger partial charge in [-0.05, 0) is 61.7 Å². The number of aliphatic hydroxyl groups excluding tert-OH is 4. The van der Waals surface area contributed by atoms with E-state index in [1.165, 1.54) is 5.57 Å². The molecule has 4 nitrogen and oxygen atoms in total. The third-order valence-corrected chi connectivity index (χ3v) is 7.98. The van der Waals surface area contributed by atoms with Gasteiger partial charge in [0, 0.05) is 5.41 Å². The SMILES string of the molecule is C[C@]12CCC(O)CC1=CC[C@@H]1[C@H]2C(O)C[C@]2(C)C(O)C(O)C[C@@H]12. The summed E-state index contributed by atoms with van der Waals surface area (Å²) in [5.41, 5.74) is 0.899. The van der Waals surface area contributed by atoms with Crippen LogP contribution in [0.4, 0.5) is 0 Å². The fraction of sp³-hybridized carbons (Fsp3) is 0.895. The van der Waals surface area contributed by atoms with Crippen molar-refractivity contribution in [3.05, 3.63) is 11.6 Å². The maximum absolute atomic E-state index is 11.0. The first-order chi connectivity index (χ1) is 10.8. The Morgan fingerprint density at radius 2 is 1.83 bits per heavy atom. The molecule has 0 spiro atoms. The van der Waals surface area contributed by atoms with Crippen molar-refractivity contribution < 1.29 is 20.4 Å². The Hall–Kier alpha value is -0.420. The van der Waals surface area contributed by atoms with E-state index < -0.39 is 18.3 Å². The maximum Gasteiger partial charge on any atom is 0.0856 e. The van der Waals surface area contributed by atoms with E-state index in [0.717, 1.165) is 25.7 Å². The zero-order valence-electron chi connectivity index (χ0n) is 14.2. The summed E-state index contributed by atoms with van der Waals surface area (Å²) in [6, 6.07) is 0. The lowest BCUT2D eigenvalue weighted by molar-refractivity contribution is -0.140. The smallest absolute Gasteiger partial charge is 0.0856 e. The lowest BCUT2D eigenvalue weighted by atomic mass is 9.47. The highest BCUT2D eigenvalue weighted by atomic mass is 16.3. The molecule has 0 aromatic rings. The monoisotopic (exact) mass is 322 g/mol. The van der Waals surface area contributed by atoms with Crippen LogP contribution in [0.15, 0.2) is 11.6 Å². The summed E-state index contributed by atoms with van der Waals surface area (Å²) in [5, 5.41) is 41.7. The van der Waals surface area contributed by atoms with Gasteiger partial charge in [-0.2, -0.15) is 0 Å². The van der Waals surface area contributed by atoms with Gasteiger partial charge in [0.25, 0.3) is 0 Å². The predicted octanol–water partition coefficient (Wildman–Crippen LogP) is 1.61. The Balaban J connectivity index is 1.73. The lowest BCUT2D eigenvalue weighted by Crippen LogP contribution is -2.57. The van der Waals surface area contributed by atoms with Crippen molar-refractivity contribution in [1.29, 1.82) is 0 Å². The highest BCUT2D eigenvalue weighted by molar-refractivity contribution is 5.27. The number of fused-ring (bicyclic) bond motifs is 5. The molecule has 3 saturated carbocycles. The molecule has 130 valence electrons. The summed E-state index contributed by atoms with van der Waals surface area (Å²) in [6.45, 7) is 4.30. The largest absolute Gasteiger partial charge is 0.393 e. The lowest BCUT2D eigenvalue weighted by Gasteiger charge is -2.59. The van der Waals surface area contributed by atoms with Crippen LogP contribution in [0.5, 0.6) is 0 Å². The Kier molecular flexibility index (Phi) is 3.52. The van der Waals surface area contributed by atoms with E-state index >= 15 is 0 Å². The van der Waals surface area contributed by atoms with Crippen LogP contribution >= 0.6 is 0 Å². The van der Waals surface area contributed by atoms with Gasteiger partial charge in [0.05, 0.1) is 24.4 Å². The topological polar surface area (TPSA) is 80.9 Å². The van der Waals surface area contributed by atoms with Gasteiger partial charge in [0.15, 0.2) is 0 Å². The average molecular weight is 322 g/mol. The molecule has 4 rings (SSSR count). The summed E-state index contributed by atoms with van der Waals surface area (Å²) in [6.07, 6.45) is 4.80. The Morgan fingerprint density at radius 3 is 2.57 bits per heavy atom. The second-order valence-corrected chi connectivity index (χ2v) is 9.10. The fourth-order valence-electron chi connectivity index (χ4n) is 6.77. The second-order valence-electron chi connectivity index (χ2n) is 9.10. The van der Waals surface area contributed by atoms with Gasteiger partial charge < -0.3 is 20.4 Å². The highest BCUT2D eigenvalue weighted by Crippen LogP contribution is 2.64. The van der Waals surface area contributed by atoms with Crippen molar-refractivity contribution in [3.8, 4) is 0 Å². The molecule has 0 amide bonds. The molecule has 0 heterocycles. The van der Waals surface area contributed by atoms with E-state index in [9.17, 15) is 20.4 Å². The molecule has 0 aliphatic heterocycles. The van der Waals surface area contributed by atoms with Crippen molar-refractivity contribution in [2.45, 2.75) is 76.8 Å². The second kappa shape index (κ2) is 5.04. The van der Waals surface area contributed by atoms with Crippen LogP contribution in [0, 0.1) is 28.6 Å².